The average molecular weight is 499 g/mol. The maximum absolute atomic E-state index is 5.89. The molecule has 2 aromatic rings. The van der Waals surface area contributed by atoms with Gasteiger partial charge in [-0.25, -0.2) is 0 Å². The van der Waals surface area contributed by atoms with Crippen molar-refractivity contribution in [3.63, 3.8) is 0 Å². The summed E-state index contributed by atoms with van der Waals surface area (Å²) < 4.78 is 14.1. The van der Waals surface area contributed by atoms with Crippen LogP contribution in [0.4, 0.5) is 0 Å². The van der Waals surface area contributed by atoms with E-state index in [-0.39, 0.29) is 11.2 Å². The van der Waals surface area contributed by atoms with Crippen molar-refractivity contribution in [1.29, 1.82) is 0 Å². The fourth-order valence-corrected chi connectivity index (χ4v) is 12.8. The molecule has 2 rings (SSSR count). The van der Waals surface area contributed by atoms with Crippen molar-refractivity contribution >= 4 is 0 Å². The standard InChI is InChI=1S/2C10H13O.Hg/c2*1-10(2,11-3)9-7-5-4-6-8-9;/h2*4-8H,1H2,2-3H3;. The number of rotatable bonds is 8. The minimum atomic E-state index is -1.19. The molecule has 0 aliphatic carbocycles. The molecule has 0 bridgehead atoms. The van der Waals surface area contributed by atoms with Crippen molar-refractivity contribution in [2.75, 3.05) is 14.2 Å². The Labute approximate surface area is 152 Å². The summed E-state index contributed by atoms with van der Waals surface area (Å²) in [6.07, 6.45) is 0. The monoisotopic (exact) mass is 500 g/mol. The van der Waals surface area contributed by atoms with Gasteiger partial charge in [0.15, 0.2) is 0 Å². The van der Waals surface area contributed by atoms with Gasteiger partial charge in [0.05, 0.1) is 0 Å². The van der Waals surface area contributed by atoms with E-state index in [1.165, 1.54) is 19.0 Å². The molecule has 2 atom stereocenters. The van der Waals surface area contributed by atoms with Crippen LogP contribution in [0.5, 0.6) is 0 Å². The molecule has 0 radical (unpaired) electrons. The number of hydrogen-bond acceptors (Lipinski definition) is 2. The Hall–Kier alpha value is -0.705. The van der Waals surface area contributed by atoms with E-state index in [1.807, 2.05) is 14.2 Å². The zero-order chi connectivity index (χ0) is 16.8. The van der Waals surface area contributed by atoms with Crippen LogP contribution in [-0.2, 0) is 45.3 Å². The molecule has 0 saturated heterocycles. The number of methoxy groups -OCH3 is 2. The third kappa shape index (κ3) is 4.65. The molecule has 0 aliphatic heterocycles. The van der Waals surface area contributed by atoms with E-state index in [1.54, 1.807) is 0 Å². The van der Waals surface area contributed by atoms with Crippen molar-refractivity contribution in [3.05, 3.63) is 71.8 Å². The second-order valence-electron chi connectivity index (χ2n) is 6.46. The number of hydrogen-bond donors (Lipinski definition) is 0. The second kappa shape index (κ2) is 8.41. The van der Waals surface area contributed by atoms with Gasteiger partial charge in [-0.05, 0) is 0 Å². The Morgan fingerprint density at radius 3 is 1.35 bits per heavy atom. The second-order valence-corrected chi connectivity index (χ2v) is 13.1. The van der Waals surface area contributed by atoms with E-state index in [4.69, 9.17) is 9.47 Å². The Balaban J connectivity index is 2.05. The Morgan fingerprint density at radius 1 is 0.696 bits per heavy atom. The van der Waals surface area contributed by atoms with E-state index in [9.17, 15) is 0 Å². The Bertz CT molecular complexity index is 534. The molecule has 0 fully saturated rings. The first-order valence-corrected chi connectivity index (χ1v) is 16.0. The van der Waals surface area contributed by atoms with Gasteiger partial charge in [-0.1, -0.05) is 0 Å². The van der Waals surface area contributed by atoms with Crippen LogP contribution in [0.1, 0.15) is 25.0 Å². The zero-order valence-corrected chi connectivity index (χ0v) is 20.2. The van der Waals surface area contributed by atoms with Crippen molar-refractivity contribution in [3.8, 4) is 0 Å². The van der Waals surface area contributed by atoms with E-state index < -0.39 is 24.6 Å². The molecule has 0 saturated carbocycles. The van der Waals surface area contributed by atoms with Gasteiger partial charge >= 0.3 is 153 Å². The maximum atomic E-state index is 5.89. The summed E-state index contributed by atoms with van der Waals surface area (Å²) in [4.78, 5) is 0. The van der Waals surface area contributed by atoms with Gasteiger partial charge in [0, 0.05) is 0 Å². The quantitative estimate of drug-likeness (QED) is 0.475. The summed E-state index contributed by atoms with van der Waals surface area (Å²) in [6.45, 7) is 4.43. The minimum absolute atomic E-state index is 0.159. The third-order valence-corrected chi connectivity index (χ3v) is 15.1. The van der Waals surface area contributed by atoms with Crippen molar-refractivity contribution in [2.45, 2.75) is 32.9 Å². The van der Waals surface area contributed by atoms with Crippen LogP contribution in [0.2, 0.25) is 7.86 Å². The molecule has 0 heterocycles. The van der Waals surface area contributed by atoms with Crippen molar-refractivity contribution < 1.29 is 34.0 Å². The first kappa shape index (κ1) is 18.6. The van der Waals surface area contributed by atoms with Crippen LogP contribution in [0.15, 0.2) is 60.7 Å². The predicted molar refractivity (Wildman–Crippen MR) is 91.2 cm³/mol. The topological polar surface area (TPSA) is 18.5 Å². The molecule has 3 heteroatoms. The molecule has 0 amide bonds. The molecular formula is C20H26HgO2. The number of benzene rings is 2. The molecular weight excluding hydrogens is 473 g/mol. The first-order valence-electron chi connectivity index (χ1n) is 8.25. The van der Waals surface area contributed by atoms with Gasteiger partial charge in [-0.2, -0.15) is 0 Å². The van der Waals surface area contributed by atoms with Gasteiger partial charge in [0.25, 0.3) is 0 Å². The third-order valence-electron chi connectivity index (χ3n) is 4.98. The van der Waals surface area contributed by atoms with Gasteiger partial charge < -0.3 is 0 Å². The van der Waals surface area contributed by atoms with Gasteiger partial charge in [-0.3, -0.25) is 0 Å². The van der Waals surface area contributed by atoms with Crippen molar-refractivity contribution in [2.24, 2.45) is 0 Å². The average Bonchev–Trinajstić information content (AvgIpc) is 2.63. The Morgan fingerprint density at radius 2 is 1.04 bits per heavy atom. The molecule has 2 nitrogen and oxygen atoms in total. The molecule has 2 aromatic carbocycles. The molecule has 0 spiro atoms. The normalized spacial score (nSPS) is 16.2. The fourth-order valence-electron chi connectivity index (χ4n) is 3.07. The fraction of sp³-hybridized carbons (Fsp3) is 0.400. The first-order chi connectivity index (χ1) is 11.0. The summed E-state index contributed by atoms with van der Waals surface area (Å²) in [6, 6.07) is 21.2. The molecule has 0 aromatic heterocycles. The summed E-state index contributed by atoms with van der Waals surface area (Å²) in [5.74, 6) is 0. The van der Waals surface area contributed by atoms with Crippen LogP contribution >= 0.6 is 0 Å². The summed E-state index contributed by atoms with van der Waals surface area (Å²) in [7, 11) is 3.65. The molecule has 0 aliphatic rings. The van der Waals surface area contributed by atoms with Gasteiger partial charge in [0.2, 0.25) is 0 Å². The predicted octanol–water partition coefficient (Wildman–Crippen LogP) is 5.03. The molecule has 0 N–H and O–H groups in total. The van der Waals surface area contributed by atoms with Gasteiger partial charge in [0.1, 0.15) is 0 Å². The van der Waals surface area contributed by atoms with E-state index >= 15 is 0 Å². The summed E-state index contributed by atoms with van der Waals surface area (Å²) in [5.41, 5.74) is 2.24. The van der Waals surface area contributed by atoms with E-state index in [0.29, 0.717) is 0 Å². The van der Waals surface area contributed by atoms with Crippen LogP contribution in [-0.4, -0.2) is 14.2 Å². The van der Waals surface area contributed by atoms with Crippen LogP contribution < -0.4 is 0 Å². The number of ether oxygens (including phenoxy) is 2. The van der Waals surface area contributed by atoms with E-state index in [0.717, 1.165) is 0 Å². The Kier molecular flexibility index (Phi) is 6.81. The zero-order valence-electron chi connectivity index (χ0n) is 14.7. The van der Waals surface area contributed by atoms with Crippen LogP contribution in [0.3, 0.4) is 0 Å². The molecule has 120 valence electrons. The van der Waals surface area contributed by atoms with Crippen LogP contribution in [0.25, 0.3) is 0 Å². The van der Waals surface area contributed by atoms with E-state index in [2.05, 4.69) is 74.5 Å². The molecule has 2 unspecified atom stereocenters. The van der Waals surface area contributed by atoms with Crippen LogP contribution in [0, 0.1) is 0 Å². The SMILES string of the molecule is COC(C)([CH2][Hg][CH2]C(C)(OC)c1ccccc1)c1ccccc1. The van der Waals surface area contributed by atoms with Crippen molar-refractivity contribution in [1.82, 2.24) is 0 Å². The summed E-state index contributed by atoms with van der Waals surface area (Å²) in [5, 5.41) is 0. The summed E-state index contributed by atoms with van der Waals surface area (Å²) >= 11 is -1.19. The van der Waals surface area contributed by atoms with Gasteiger partial charge in [-0.15, -0.1) is 0 Å². The molecule has 23 heavy (non-hydrogen) atoms.